The summed E-state index contributed by atoms with van der Waals surface area (Å²) in [4.78, 5) is 17.0. The summed E-state index contributed by atoms with van der Waals surface area (Å²) in [6, 6.07) is 16.9. The normalized spacial score (nSPS) is 11.7. The van der Waals surface area contributed by atoms with E-state index >= 15 is 0 Å². The van der Waals surface area contributed by atoms with Crippen molar-refractivity contribution in [2.75, 3.05) is 7.11 Å². The fourth-order valence-corrected chi connectivity index (χ4v) is 2.92. The number of hydrogen-bond acceptors (Lipinski definition) is 3. The van der Waals surface area contributed by atoms with Gasteiger partial charge in [-0.2, -0.15) is 0 Å². The van der Waals surface area contributed by atoms with Crippen LogP contribution in [0.25, 0.3) is 0 Å². The second kappa shape index (κ2) is 7.83. The van der Waals surface area contributed by atoms with Crippen molar-refractivity contribution in [3.63, 3.8) is 0 Å². The molecule has 0 fully saturated rings. The Labute approximate surface area is 153 Å². The highest BCUT2D eigenvalue weighted by Crippen LogP contribution is 2.26. The third-order valence-corrected chi connectivity index (χ3v) is 4.39. The van der Waals surface area contributed by atoms with E-state index in [-0.39, 0.29) is 11.9 Å². The third-order valence-electron chi connectivity index (χ3n) is 4.39. The maximum absolute atomic E-state index is 12.8. The van der Waals surface area contributed by atoms with Gasteiger partial charge in [0.1, 0.15) is 5.75 Å². The van der Waals surface area contributed by atoms with Crippen LogP contribution >= 0.6 is 0 Å². The van der Waals surface area contributed by atoms with Crippen molar-refractivity contribution in [1.29, 1.82) is 0 Å². The molecule has 0 aliphatic rings. The highest BCUT2D eigenvalue weighted by molar-refractivity contribution is 5.94. The summed E-state index contributed by atoms with van der Waals surface area (Å²) in [7, 11) is 1.61. The van der Waals surface area contributed by atoms with Crippen molar-refractivity contribution in [2.45, 2.75) is 19.9 Å². The van der Waals surface area contributed by atoms with Crippen LogP contribution in [0, 0.1) is 13.8 Å². The Bertz CT molecular complexity index is 890. The van der Waals surface area contributed by atoms with Gasteiger partial charge in [0.05, 0.1) is 13.2 Å². The Kier molecular flexibility index (Phi) is 5.32. The minimum atomic E-state index is -0.266. The number of nitrogens with one attached hydrogen (secondary N) is 1. The van der Waals surface area contributed by atoms with Crippen LogP contribution in [0.4, 0.5) is 0 Å². The molecule has 0 radical (unpaired) electrons. The van der Waals surface area contributed by atoms with Crippen molar-refractivity contribution < 1.29 is 9.53 Å². The molecule has 3 aromatic rings. The maximum Gasteiger partial charge on any atom is 0.252 e. The van der Waals surface area contributed by atoms with Crippen LogP contribution in [0.5, 0.6) is 5.75 Å². The molecule has 0 bridgehead atoms. The van der Waals surface area contributed by atoms with Crippen molar-refractivity contribution in [3.05, 3.63) is 94.8 Å². The number of pyridine rings is 1. The predicted octanol–water partition coefficient (Wildman–Crippen LogP) is 4.23. The molecule has 4 heteroatoms. The van der Waals surface area contributed by atoms with Crippen LogP contribution in [-0.4, -0.2) is 18.0 Å². The smallest absolute Gasteiger partial charge is 0.252 e. The average molecular weight is 346 g/mol. The van der Waals surface area contributed by atoms with E-state index in [1.165, 1.54) is 0 Å². The van der Waals surface area contributed by atoms with Crippen LogP contribution in [0.3, 0.4) is 0 Å². The Morgan fingerprint density at radius 1 is 1.08 bits per heavy atom. The van der Waals surface area contributed by atoms with Crippen molar-refractivity contribution in [3.8, 4) is 5.75 Å². The lowest BCUT2D eigenvalue weighted by Gasteiger charge is -2.22. The third kappa shape index (κ3) is 3.91. The number of nitrogens with zero attached hydrogens (tertiary/aromatic N) is 1. The number of hydrogen-bond donors (Lipinski definition) is 1. The van der Waals surface area contributed by atoms with E-state index in [9.17, 15) is 4.79 Å². The number of benzene rings is 2. The number of amides is 1. The molecule has 3 rings (SSSR count). The summed E-state index contributed by atoms with van der Waals surface area (Å²) < 4.78 is 5.16. The number of aromatic nitrogens is 1. The maximum atomic E-state index is 12.8. The number of carbonyl (C=O) groups is 1. The molecule has 0 saturated heterocycles. The van der Waals surface area contributed by atoms with Crippen LogP contribution in [0.1, 0.15) is 38.7 Å². The van der Waals surface area contributed by atoms with Gasteiger partial charge in [0.2, 0.25) is 0 Å². The van der Waals surface area contributed by atoms with E-state index in [1.807, 2.05) is 12.1 Å². The van der Waals surface area contributed by atoms with Gasteiger partial charge in [-0.1, -0.05) is 29.8 Å². The molecule has 1 amide bonds. The molecule has 4 nitrogen and oxygen atoms in total. The number of carbonyl (C=O) groups excluding carboxylic acids is 1. The molecule has 26 heavy (non-hydrogen) atoms. The zero-order valence-corrected chi connectivity index (χ0v) is 15.2. The zero-order chi connectivity index (χ0) is 18.5. The molecule has 0 saturated carbocycles. The van der Waals surface area contributed by atoms with E-state index < -0.39 is 0 Å². The van der Waals surface area contributed by atoms with Gasteiger partial charge in [0.15, 0.2) is 0 Å². The SMILES string of the molecule is COc1ccc(C(=O)N[C@H](c2cccnc2)c2cc(C)ccc2C)cc1. The van der Waals surface area contributed by atoms with Gasteiger partial charge < -0.3 is 10.1 Å². The Hall–Kier alpha value is -3.14. The average Bonchev–Trinajstić information content (AvgIpc) is 2.68. The molecule has 132 valence electrons. The van der Waals surface area contributed by atoms with Crippen molar-refractivity contribution in [1.82, 2.24) is 10.3 Å². The van der Waals surface area contributed by atoms with Gasteiger partial charge in [0.25, 0.3) is 5.91 Å². The van der Waals surface area contributed by atoms with Gasteiger partial charge in [-0.25, -0.2) is 0 Å². The monoisotopic (exact) mass is 346 g/mol. The molecular formula is C22H22N2O2. The number of ether oxygens (including phenoxy) is 1. The molecule has 0 spiro atoms. The lowest BCUT2D eigenvalue weighted by Crippen LogP contribution is -2.30. The minimum absolute atomic E-state index is 0.137. The van der Waals surface area contributed by atoms with Crippen LogP contribution in [-0.2, 0) is 0 Å². The molecular weight excluding hydrogens is 324 g/mol. The molecule has 2 aromatic carbocycles. The van der Waals surface area contributed by atoms with Crippen molar-refractivity contribution >= 4 is 5.91 Å². The summed E-state index contributed by atoms with van der Waals surface area (Å²) in [6.45, 7) is 4.10. The Balaban J connectivity index is 1.95. The first-order chi connectivity index (χ1) is 12.6. The molecule has 1 heterocycles. The molecule has 0 unspecified atom stereocenters. The lowest BCUT2D eigenvalue weighted by atomic mass is 9.94. The standard InChI is InChI=1S/C22H22N2O2/c1-15-6-7-16(2)20(13-15)21(18-5-4-12-23-14-18)24-22(25)17-8-10-19(26-3)11-9-17/h4-14,21H,1-3H3,(H,24,25)/t21-/m1/s1. The van der Waals surface area contributed by atoms with E-state index in [0.717, 1.165) is 28.0 Å². The van der Waals surface area contributed by atoms with E-state index in [1.54, 1.807) is 43.8 Å². The summed E-state index contributed by atoms with van der Waals surface area (Å²) in [6.07, 6.45) is 3.52. The van der Waals surface area contributed by atoms with Crippen LogP contribution in [0.15, 0.2) is 67.0 Å². The first-order valence-corrected chi connectivity index (χ1v) is 8.50. The molecule has 0 aliphatic carbocycles. The van der Waals surface area contributed by atoms with Gasteiger partial charge in [-0.15, -0.1) is 0 Å². The van der Waals surface area contributed by atoms with Crippen LogP contribution in [0.2, 0.25) is 0 Å². The quantitative estimate of drug-likeness (QED) is 0.752. The molecule has 0 aliphatic heterocycles. The second-order valence-corrected chi connectivity index (χ2v) is 6.28. The topological polar surface area (TPSA) is 51.2 Å². The molecule has 1 aromatic heterocycles. The molecule has 1 atom stereocenters. The fraction of sp³-hybridized carbons (Fsp3) is 0.182. The van der Waals surface area contributed by atoms with E-state index in [2.05, 4.69) is 42.3 Å². The number of methoxy groups -OCH3 is 1. The van der Waals surface area contributed by atoms with Gasteiger partial charge in [-0.05, 0) is 60.9 Å². The highest BCUT2D eigenvalue weighted by Gasteiger charge is 2.20. The first kappa shape index (κ1) is 17.7. The summed E-state index contributed by atoms with van der Waals surface area (Å²) in [5.41, 5.74) is 4.88. The lowest BCUT2D eigenvalue weighted by molar-refractivity contribution is 0.0943. The number of aryl methyl sites for hydroxylation is 2. The van der Waals surface area contributed by atoms with Crippen LogP contribution < -0.4 is 10.1 Å². The highest BCUT2D eigenvalue weighted by atomic mass is 16.5. The van der Waals surface area contributed by atoms with E-state index in [0.29, 0.717) is 5.56 Å². The second-order valence-electron chi connectivity index (χ2n) is 6.28. The Morgan fingerprint density at radius 2 is 1.85 bits per heavy atom. The zero-order valence-electron chi connectivity index (χ0n) is 15.2. The first-order valence-electron chi connectivity index (χ1n) is 8.50. The summed E-state index contributed by atoms with van der Waals surface area (Å²) >= 11 is 0. The molecule has 1 N–H and O–H groups in total. The summed E-state index contributed by atoms with van der Waals surface area (Å²) in [5, 5.41) is 3.15. The number of rotatable bonds is 5. The summed E-state index contributed by atoms with van der Waals surface area (Å²) in [5.74, 6) is 0.585. The van der Waals surface area contributed by atoms with Gasteiger partial charge in [-0.3, -0.25) is 9.78 Å². The fourth-order valence-electron chi connectivity index (χ4n) is 2.92. The van der Waals surface area contributed by atoms with Gasteiger partial charge >= 0.3 is 0 Å². The minimum Gasteiger partial charge on any atom is -0.497 e. The predicted molar refractivity (Wildman–Crippen MR) is 102 cm³/mol. The Morgan fingerprint density at radius 3 is 2.50 bits per heavy atom. The van der Waals surface area contributed by atoms with Gasteiger partial charge in [0, 0.05) is 18.0 Å². The van der Waals surface area contributed by atoms with Crippen molar-refractivity contribution in [2.24, 2.45) is 0 Å². The largest absolute Gasteiger partial charge is 0.497 e. The van der Waals surface area contributed by atoms with E-state index in [4.69, 9.17) is 4.74 Å².